The Morgan fingerprint density at radius 1 is 1.27 bits per heavy atom. The van der Waals surface area contributed by atoms with E-state index in [1.165, 1.54) is 17.1 Å². The second-order valence-electron chi connectivity index (χ2n) is 7.49. The standard InChI is InChI=1S/C19H29ClN2O3S/c1-3-26(23,24)21(2)13-15-10-18(11-15)25-17-7-6-16(19(20)12-17)14-22-8-4-5-9-22/h6-7,12,15,18H,3-5,8-11,13-14H2,1-2H3. The first-order chi connectivity index (χ1) is 12.4. The summed E-state index contributed by atoms with van der Waals surface area (Å²) in [5, 5.41) is 0.763. The van der Waals surface area contributed by atoms with Gasteiger partial charge < -0.3 is 4.74 Å². The number of hydrogen-bond donors (Lipinski definition) is 0. The van der Waals surface area contributed by atoms with E-state index in [2.05, 4.69) is 11.0 Å². The van der Waals surface area contributed by atoms with E-state index in [1.54, 1.807) is 14.0 Å². The highest BCUT2D eigenvalue weighted by atomic mass is 35.5. The third kappa shape index (κ3) is 4.91. The molecule has 1 saturated carbocycles. The van der Waals surface area contributed by atoms with Crippen molar-refractivity contribution in [2.75, 3.05) is 32.4 Å². The SMILES string of the molecule is CCS(=O)(=O)N(C)CC1CC(Oc2ccc(CN3CCCC3)c(Cl)c2)C1. The maximum atomic E-state index is 11.8. The molecule has 1 saturated heterocycles. The molecule has 1 aliphatic heterocycles. The Hall–Kier alpha value is -0.820. The summed E-state index contributed by atoms with van der Waals surface area (Å²) in [6.45, 7) is 5.46. The number of likely N-dealkylation sites (tertiary alicyclic amines) is 1. The molecule has 2 aliphatic rings. The van der Waals surface area contributed by atoms with Crippen molar-refractivity contribution in [2.45, 2.75) is 45.3 Å². The summed E-state index contributed by atoms with van der Waals surface area (Å²) < 4.78 is 31.1. The zero-order valence-electron chi connectivity index (χ0n) is 15.7. The van der Waals surface area contributed by atoms with E-state index in [4.69, 9.17) is 16.3 Å². The summed E-state index contributed by atoms with van der Waals surface area (Å²) in [4.78, 5) is 2.43. The van der Waals surface area contributed by atoms with Crippen LogP contribution in [0.25, 0.3) is 0 Å². The molecule has 0 spiro atoms. The molecule has 7 heteroatoms. The molecule has 3 rings (SSSR count). The number of hydrogen-bond acceptors (Lipinski definition) is 4. The van der Waals surface area contributed by atoms with E-state index < -0.39 is 10.0 Å². The van der Waals surface area contributed by atoms with Crippen molar-refractivity contribution in [1.29, 1.82) is 0 Å². The van der Waals surface area contributed by atoms with Gasteiger partial charge in [0.2, 0.25) is 10.0 Å². The Balaban J connectivity index is 1.46. The van der Waals surface area contributed by atoms with Crippen LogP contribution in [0.2, 0.25) is 5.02 Å². The van der Waals surface area contributed by atoms with E-state index in [0.717, 1.165) is 48.8 Å². The number of benzene rings is 1. The Bertz CT molecular complexity index is 713. The molecule has 1 aromatic carbocycles. The minimum absolute atomic E-state index is 0.151. The Labute approximate surface area is 162 Å². The van der Waals surface area contributed by atoms with Gasteiger partial charge in [0.25, 0.3) is 0 Å². The summed E-state index contributed by atoms with van der Waals surface area (Å²) in [5.41, 5.74) is 1.15. The molecule has 0 unspecified atom stereocenters. The monoisotopic (exact) mass is 400 g/mol. The second-order valence-corrected chi connectivity index (χ2v) is 10.3. The van der Waals surface area contributed by atoms with Crippen molar-refractivity contribution in [3.8, 4) is 5.75 Å². The van der Waals surface area contributed by atoms with Gasteiger partial charge in [0.05, 0.1) is 11.9 Å². The lowest BCUT2D eigenvalue weighted by Crippen LogP contribution is -2.42. The van der Waals surface area contributed by atoms with Crippen LogP contribution in [0.15, 0.2) is 18.2 Å². The minimum atomic E-state index is -3.10. The first kappa shape index (κ1) is 19.9. The predicted molar refractivity (Wildman–Crippen MR) is 105 cm³/mol. The molecule has 0 bridgehead atoms. The van der Waals surface area contributed by atoms with Crippen LogP contribution in [0.4, 0.5) is 0 Å². The van der Waals surface area contributed by atoms with Crippen molar-refractivity contribution < 1.29 is 13.2 Å². The van der Waals surface area contributed by atoms with Crippen LogP contribution >= 0.6 is 11.6 Å². The van der Waals surface area contributed by atoms with Gasteiger partial charge in [-0.25, -0.2) is 12.7 Å². The Kier molecular flexibility index (Phi) is 6.49. The Morgan fingerprint density at radius 2 is 1.96 bits per heavy atom. The summed E-state index contributed by atoms with van der Waals surface area (Å²) in [7, 11) is -1.44. The third-order valence-electron chi connectivity index (χ3n) is 5.47. The fraction of sp³-hybridized carbons (Fsp3) is 0.684. The molecular weight excluding hydrogens is 372 g/mol. The molecule has 26 heavy (non-hydrogen) atoms. The van der Waals surface area contributed by atoms with Gasteiger partial charge in [-0.3, -0.25) is 4.90 Å². The van der Waals surface area contributed by atoms with E-state index >= 15 is 0 Å². The van der Waals surface area contributed by atoms with Crippen molar-refractivity contribution in [1.82, 2.24) is 9.21 Å². The molecule has 1 heterocycles. The number of ether oxygens (including phenoxy) is 1. The van der Waals surface area contributed by atoms with Crippen LogP contribution < -0.4 is 4.74 Å². The third-order valence-corrected chi connectivity index (χ3v) is 7.65. The summed E-state index contributed by atoms with van der Waals surface area (Å²) >= 11 is 6.44. The average Bonchev–Trinajstić information content (AvgIpc) is 3.08. The van der Waals surface area contributed by atoms with Gasteiger partial charge in [0.15, 0.2) is 0 Å². The molecule has 2 fully saturated rings. The van der Waals surface area contributed by atoms with Crippen LogP contribution in [-0.4, -0.2) is 56.2 Å². The van der Waals surface area contributed by atoms with E-state index in [-0.39, 0.29) is 11.9 Å². The van der Waals surface area contributed by atoms with Crippen LogP contribution in [-0.2, 0) is 16.6 Å². The lowest BCUT2D eigenvalue weighted by Gasteiger charge is -2.37. The molecule has 1 aromatic rings. The molecule has 0 radical (unpaired) electrons. The van der Waals surface area contributed by atoms with Crippen LogP contribution in [0.1, 0.15) is 38.2 Å². The fourth-order valence-electron chi connectivity index (χ4n) is 3.72. The van der Waals surface area contributed by atoms with Crippen LogP contribution in [0.5, 0.6) is 5.75 Å². The van der Waals surface area contributed by atoms with Gasteiger partial charge in [0, 0.05) is 25.2 Å². The quantitative estimate of drug-likeness (QED) is 0.671. The van der Waals surface area contributed by atoms with Crippen molar-refractivity contribution in [2.24, 2.45) is 5.92 Å². The minimum Gasteiger partial charge on any atom is -0.490 e. The first-order valence-corrected chi connectivity index (χ1v) is 11.5. The molecule has 1 aliphatic carbocycles. The maximum absolute atomic E-state index is 11.8. The van der Waals surface area contributed by atoms with Gasteiger partial charge in [-0.05, 0) is 69.3 Å². The predicted octanol–water partition coefficient (Wildman–Crippen LogP) is 3.37. The van der Waals surface area contributed by atoms with Crippen molar-refractivity contribution >= 4 is 21.6 Å². The van der Waals surface area contributed by atoms with E-state index in [0.29, 0.717) is 12.5 Å². The number of nitrogens with zero attached hydrogens (tertiary/aromatic N) is 2. The smallest absolute Gasteiger partial charge is 0.213 e. The number of rotatable bonds is 8. The first-order valence-electron chi connectivity index (χ1n) is 9.49. The molecule has 0 atom stereocenters. The van der Waals surface area contributed by atoms with Crippen LogP contribution in [0, 0.1) is 5.92 Å². The zero-order chi connectivity index (χ0) is 18.7. The molecule has 0 amide bonds. The lowest BCUT2D eigenvalue weighted by atomic mass is 9.82. The number of sulfonamides is 1. The fourth-order valence-corrected chi connectivity index (χ4v) is 4.83. The molecule has 146 valence electrons. The van der Waals surface area contributed by atoms with Gasteiger partial charge in [-0.1, -0.05) is 17.7 Å². The molecule has 0 aromatic heterocycles. The van der Waals surface area contributed by atoms with E-state index in [1.807, 2.05) is 12.1 Å². The normalized spacial score (nSPS) is 24.0. The Morgan fingerprint density at radius 3 is 2.58 bits per heavy atom. The lowest BCUT2D eigenvalue weighted by molar-refractivity contribution is 0.0575. The second kappa shape index (κ2) is 8.46. The molecular formula is C19H29ClN2O3S. The van der Waals surface area contributed by atoms with Gasteiger partial charge in [-0.2, -0.15) is 0 Å². The summed E-state index contributed by atoms with van der Waals surface area (Å²) in [6, 6.07) is 5.97. The highest BCUT2D eigenvalue weighted by Gasteiger charge is 2.33. The number of halogens is 1. The highest BCUT2D eigenvalue weighted by Crippen LogP contribution is 2.34. The zero-order valence-corrected chi connectivity index (χ0v) is 17.2. The highest BCUT2D eigenvalue weighted by molar-refractivity contribution is 7.89. The van der Waals surface area contributed by atoms with Crippen LogP contribution in [0.3, 0.4) is 0 Å². The van der Waals surface area contributed by atoms with E-state index in [9.17, 15) is 8.42 Å². The molecule has 0 N–H and O–H groups in total. The summed E-state index contributed by atoms with van der Waals surface area (Å²) in [6.07, 6.45) is 4.47. The molecule has 5 nitrogen and oxygen atoms in total. The van der Waals surface area contributed by atoms with Crippen molar-refractivity contribution in [3.63, 3.8) is 0 Å². The topological polar surface area (TPSA) is 49.9 Å². The van der Waals surface area contributed by atoms with Gasteiger partial charge in [-0.15, -0.1) is 0 Å². The average molecular weight is 401 g/mol. The van der Waals surface area contributed by atoms with Crippen molar-refractivity contribution in [3.05, 3.63) is 28.8 Å². The summed E-state index contributed by atoms with van der Waals surface area (Å²) in [5.74, 6) is 1.33. The van der Waals surface area contributed by atoms with Gasteiger partial charge >= 0.3 is 0 Å². The largest absolute Gasteiger partial charge is 0.490 e. The van der Waals surface area contributed by atoms with Gasteiger partial charge in [0.1, 0.15) is 5.75 Å². The maximum Gasteiger partial charge on any atom is 0.213 e.